The van der Waals surface area contributed by atoms with Gasteiger partial charge in [0.15, 0.2) is 0 Å². The lowest BCUT2D eigenvalue weighted by molar-refractivity contribution is -0.143. The van der Waals surface area contributed by atoms with Crippen LogP contribution >= 0.6 is 11.6 Å². The molecule has 0 unspecified atom stereocenters. The summed E-state index contributed by atoms with van der Waals surface area (Å²) in [6.45, 7) is 4.45. The summed E-state index contributed by atoms with van der Waals surface area (Å²) in [5.41, 5.74) is 0. The summed E-state index contributed by atoms with van der Waals surface area (Å²) in [5.74, 6) is -1.65. The van der Waals surface area contributed by atoms with E-state index in [1.165, 1.54) is 6.07 Å². The largest absolute Gasteiger partial charge is 0.465 e. The first-order valence-corrected chi connectivity index (χ1v) is 8.14. The van der Waals surface area contributed by atoms with Crippen molar-refractivity contribution in [3.05, 3.63) is 29.0 Å². The molecule has 1 rings (SSSR count). The van der Waals surface area contributed by atoms with E-state index in [0.717, 1.165) is 16.4 Å². The second-order valence-corrected chi connectivity index (χ2v) is 6.82. The SMILES string of the molecule is CCOC(=O)CN(C(C)C)S(=O)(=O)c1ccc(Cl)cc1F. The van der Waals surface area contributed by atoms with E-state index >= 15 is 0 Å². The van der Waals surface area contributed by atoms with Gasteiger partial charge in [0.25, 0.3) is 0 Å². The Hall–Kier alpha value is -1.18. The average Bonchev–Trinajstić information content (AvgIpc) is 2.35. The van der Waals surface area contributed by atoms with Crippen molar-refractivity contribution in [3.63, 3.8) is 0 Å². The summed E-state index contributed by atoms with van der Waals surface area (Å²) in [6.07, 6.45) is 0. The van der Waals surface area contributed by atoms with Crippen LogP contribution in [0.2, 0.25) is 5.02 Å². The molecule has 5 nitrogen and oxygen atoms in total. The smallest absolute Gasteiger partial charge is 0.321 e. The maximum absolute atomic E-state index is 13.8. The summed E-state index contributed by atoms with van der Waals surface area (Å²) in [7, 11) is -4.16. The number of nitrogens with zero attached hydrogens (tertiary/aromatic N) is 1. The zero-order valence-corrected chi connectivity index (χ0v) is 13.5. The molecular weight excluding hydrogens is 321 g/mol. The Labute approximate surface area is 128 Å². The lowest BCUT2D eigenvalue weighted by atomic mass is 10.3. The molecule has 118 valence electrons. The molecule has 0 saturated carbocycles. The van der Waals surface area contributed by atoms with E-state index < -0.39 is 39.3 Å². The predicted molar refractivity (Wildman–Crippen MR) is 77.1 cm³/mol. The quantitative estimate of drug-likeness (QED) is 0.748. The van der Waals surface area contributed by atoms with Crippen molar-refractivity contribution in [3.8, 4) is 0 Å². The van der Waals surface area contributed by atoms with E-state index in [9.17, 15) is 17.6 Å². The second-order valence-electron chi connectivity index (χ2n) is 4.52. The molecule has 0 heterocycles. The molecular formula is C13H17ClFNO4S. The first-order valence-electron chi connectivity index (χ1n) is 6.32. The highest BCUT2D eigenvalue weighted by molar-refractivity contribution is 7.89. The molecule has 21 heavy (non-hydrogen) atoms. The van der Waals surface area contributed by atoms with Crippen LogP contribution in [-0.4, -0.2) is 37.9 Å². The Kier molecular flexibility index (Phi) is 6.12. The Bertz CT molecular complexity index is 619. The van der Waals surface area contributed by atoms with Gasteiger partial charge in [0.1, 0.15) is 17.3 Å². The highest BCUT2D eigenvalue weighted by Gasteiger charge is 2.31. The third kappa shape index (κ3) is 4.39. The molecule has 0 spiro atoms. The number of hydrogen-bond acceptors (Lipinski definition) is 4. The molecule has 8 heteroatoms. The first kappa shape index (κ1) is 17.9. The number of sulfonamides is 1. The number of carbonyl (C=O) groups is 1. The summed E-state index contributed by atoms with van der Waals surface area (Å²) in [4.78, 5) is 11.0. The highest BCUT2D eigenvalue weighted by atomic mass is 35.5. The maximum Gasteiger partial charge on any atom is 0.321 e. The molecule has 1 aromatic rings. The fourth-order valence-corrected chi connectivity index (χ4v) is 3.48. The van der Waals surface area contributed by atoms with Crippen LogP contribution in [0.5, 0.6) is 0 Å². The molecule has 1 aromatic carbocycles. The van der Waals surface area contributed by atoms with E-state index in [1.807, 2.05) is 0 Å². The van der Waals surface area contributed by atoms with Crippen molar-refractivity contribution >= 4 is 27.6 Å². The molecule has 0 amide bonds. The third-order valence-corrected chi connectivity index (χ3v) is 4.94. The van der Waals surface area contributed by atoms with Crippen LogP contribution in [0.25, 0.3) is 0 Å². The van der Waals surface area contributed by atoms with Crippen molar-refractivity contribution in [2.45, 2.75) is 31.7 Å². The number of hydrogen-bond donors (Lipinski definition) is 0. The molecule has 0 aliphatic heterocycles. The Morgan fingerprint density at radius 3 is 2.52 bits per heavy atom. The molecule has 0 aliphatic rings. The zero-order valence-electron chi connectivity index (χ0n) is 12.0. The molecule has 0 bridgehead atoms. The maximum atomic E-state index is 13.8. The van der Waals surface area contributed by atoms with Gasteiger partial charge in [0.05, 0.1) is 6.61 Å². The minimum atomic E-state index is -4.16. The molecule has 0 radical (unpaired) electrons. The number of ether oxygens (including phenoxy) is 1. The minimum absolute atomic E-state index is 0.0907. The van der Waals surface area contributed by atoms with Gasteiger partial charge in [-0.15, -0.1) is 0 Å². The predicted octanol–water partition coefficient (Wildman–Crippen LogP) is 2.44. The van der Waals surface area contributed by atoms with Gasteiger partial charge in [-0.2, -0.15) is 4.31 Å². The van der Waals surface area contributed by atoms with E-state index in [2.05, 4.69) is 0 Å². The summed E-state index contributed by atoms with van der Waals surface area (Å²) < 4.78 is 44.4. The first-order chi connectivity index (χ1) is 9.70. The highest BCUT2D eigenvalue weighted by Crippen LogP contribution is 2.23. The van der Waals surface area contributed by atoms with Crippen LogP contribution in [-0.2, 0) is 19.6 Å². The Balaban J connectivity index is 3.19. The van der Waals surface area contributed by atoms with Crippen molar-refractivity contribution in [2.24, 2.45) is 0 Å². The third-order valence-electron chi connectivity index (χ3n) is 2.65. The topological polar surface area (TPSA) is 63.7 Å². The Morgan fingerprint density at radius 1 is 1.43 bits per heavy atom. The number of halogens is 2. The van der Waals surface area contributed by atoms with E-state index in [-0.39, 0.29) is 11.6 Å². The van der Waals surface area contributed by atoms with Crippen molar-refractivity contribution in [1.82, 2.24) is 4.31 Å². The van der Waals surface area contributed by atoms with Crippen LogP contribution in [0.3, 0.4) is 0 Å². The summed E-state index contributed by atoms with van der Waals surface area (Å²) in [5, 5.41) is 0.0907. The lowest BCUT2D eigenvalue weighted by Gasteiger charge is -2.25. The molecule has 0 aliphatic carbocycles. The molecule has 0 N–H and O–H groups in total. The fraction of sp³-hybridized carbons (Fsp3) is 0.462. The van der Waals surface area contributed by atoms with Crippen molar-refractivity contribution < 1.29 is 22.3 Å². The minimum Gasteiger partial charge on any atom is -0.465 e. The lowest BCUT2D eigenvalue weighted by Crippen LogP contribution is -2.41. The van der Waals surface area contributed by atoms with Crippen LogP contribution in [0.15, 0.2) is 23.1 Å². The van der Waals surface area contributed by atoms with Gasteiger partial charge >= 0.3 is 5.97 Å². The molecule has 0 fully saturated rings. The van der Waals surface area contributed by atoms with Crippen LogP contribution in [0.4, 0.5) is 4.39 Å². The Morgan fingerprint density at radius 2 is 2.05 bits per heavy atom. The van der Waals surface area contributed by atoms with E-state index in [4.69, 9.17) is 16.3 Å². The van der Waals surface area contributed by atoms with Crippen LogP contribution < -0.4 is 0 Å². The van der Waals surface area contributed by atoms with Crippen molar-refractivity contribution in [1.29, 1.82) is 0 Å². The van der Waals surface area contributed by atoms with Crippen LogP contribution in [0.1, 0.15) is 20.8 Å². The van der Waals surface area contributed by atoms with Gasteiger partial charge < -0.3 is 4.74 Å². The normalized spacial score (nSPS) is 12.0. The second kappa shape index (κ2) is 7.20. The average molecular weight is 338 g/mol. The number of carbonyl (C=O) groups excluding carboxylic acids is 1. The van der Waals surface area contributed by atoms with Gasteiger partial charge in [0.2, 0.25) is 10.0 Å². The standard InChI is InChI=1S/C13H17ClFNO4S/c1-4-20-13(17)8-16(9(2)3)21(18,19)12-6-5-10(14)7-11(12)15/h5-7,9H,4,8H2,1-3H3. The number of rotatable bonds is 6. The molecule has 0 atom stereocenters. The van der Waals surface area contributed by atoms with Gasteiger partial charge in [-0.1, -0.05) is 11.6 Å². The summed E-state index contributed by atoms with van der Waals surface area (Å²) in [6, 6.07) is 2.74. The molecule has 0 aromatic heterocycles. The van der Waals surface area contributed by atoms with Gasteiger partial charge in [-0.25, -0.2) is 12.8 Å². The van der Waals surface area contributed by atoms with Gasteiger partial charge in [-0.05, 0) is 39.0 Å². The molecule has 0 saturated heterocycles. The number of esters is 1. The van der Waals surface area contributed by atoms with E-state index in [0.29, 0.717) is 0 Å². The monoisotopic (exact) mass is 337 g/mol. The summed E-state index contributed by atoms with van der Waals surface area (Å²) >= 11 is 5.61. The van der Waals surface area contributed by atoms with Gasteiger partial charge in [0, 0.05) is 11.1 Å². The van der Waals surface area contributed by atoms with Crippen molar-refractivity contribution in [2.75, 3.05) is 13.2 Å². The van der Waals surface area contributed by atoms with Crippen LogP contribution in [0, 0.1) is 5.82 Å². The van der Waals surface area contributed by atoms with Gasteiger partial charge in [-0.3, -0.25) is 4.79 Å². The zero-order chi connectivity index (χ0) is 16.2. The number of benzene rings is 1. The van der Waals surface area contributed by atoms with E-state index in [1.54, 1.807) is 20.8 Å². The fourth-order valence-electron chi connectivity index (χ4n) is 1.69.